The van der Waals surface area contributed by atoms with Crippen LogP contribution in [0.5, 0.6) is 5.75 Å². The van der Waals surface area contributed by atoms with E-state index in [-0.39, 0.29) is 12.5 Å². The standard InChI is InChI=1S/C12H17NO3/c1-3-16-11-6-4-5-10(7-11)8-13-12(14)9-15-2/h4-7H,3,8-9H2,1-2H3,(H,13,14). The molecule has 0 saturated carbocycles. The summed E-state index contributed by atoms with van der Waals surface area (Å²) in [4.78, 5) is 11.2. The van der Waals surface area contributed by atoms with Crippen LogP contribution < -0.4 is 10.1 Å². The highest BCUT2D eigenvalue weighted by Crippen LogP contribution is 2.12. The fourth-order valence-electron chi connectivity index (χ4n) is 1.29. The zero-order valence-corrected chi connectivity index (χ0v) is 9.66. The van der Waals surface area contributed by atoms with Crippen molar-refractivity contribution in [3.8, 4) is 5.75 Å². The van der Waals surface area contributed by atoms with Crippen molar-refractivity contribution in [2.75, 3.05) is 20.3 Å². The lowest BCUT2D eigenvalue weighted by Crippen LogP contribution is -2.26. The normalized spacial score (nSPS) is 9.88. The van der Waals surface area contributed by atoms with E-state index in [0.717, 1.165) is 11.3 Å². The van der Waals surface area contributed by atoms with Crippen molar-refractivity contribution < 1.29 is 14.3 Å². The molecule has 0 bridgehead atoms. The lowest BCUT2D eigenvalue weighted by Gasteiger charge is -2.07. The summed E-state index contributed by atoms with van der Waals surface area (Å²) < 4.78 is 10.1. The Labute approximate surface area is 95.6 Å². The molecule has 1 amide bonds. The van der Waals surface area contributed by atoms with E-state index >= 15 is 0 Å². The second kappa shape index (κ2) is 6.85. The van der Waals surface area contributed by atoms with Crippen LogP contribution in [0.1, 0.15) is 12.5 Å². The van der Waals surface area contributed by atoms with Crippen molar-refractivity contribution >= 4 is 5.91 Å². The minimum atomic E-state index is -0.121. The van der Waals surface area contributed by atoms with E-state index in [4.69, 9.17) is 9.47 Å². The van der Waals surface area contributed by atoms with Crippen LogP contribution in [0.4, 0.5) is 0 Å². The molecule has 4 heteroatoms. The number of carbonyl (C=O) groups excluding carboxylic acids is 1. The van der Waals surface area contributed by atoms with Gasteiger partial charge in [-0.1, -0.05) is 12.1 Å². The molecule has 1 N–H and O–H groups in total. The highest BCUT2D eigenvalue weighted by molar-refractivity contribution is 5.77. The van der Waals surface area contributed by atoms with Gasteiger partial charge in [-0.05, 0) is 24.6 Å². The van der Waals surface area contributed by atoms with Gasteiger partial charge in [0.25, 0.3) is 0 Å². The van der Waals surface area contributed by atoms with Crippen molar-refractivity contribution in [1.82, 2.24) is 5.32 Å². The Morgan fingerprint density at radius 3 is 2.94 bits per heavy atom. The third-order valence-corrected chi connectivity index (χ3v) is 1.97. The fraction of sp³-hybridized carbons (Fsp3) is 0.417. The van der Waals surface area contributed by atoms with Crippen molar-refractivity contribution in [2.45, 2.75) is 13.5 Å². The van der Waals surface area contributed by atoms with Crippen molar-refractivity contribution in [1.29, 1.82) is 0 Å². The molecule has 1 rings (SSSR count). The quantitative estimate of drug-likeness (QED) is 0.791. The zero-order chi connectivity index (χ0) is 11.8. The summed E-state index contributed by atoms with van der Waals surface area (Å²) in [5.74, 6) is 0.699. The largest absolute Gasteiger partial charge is 0.494 e. The summed E-state index contributed by atoms with van der Waals surface area (Å²) in [6.07, 6.45) is 0. The number of amides is 1. The molecular formula is C12H17NO3. The Bertz CT molecular complexity index is 339. The Morgan fingerprint density at radius 1 is 1.44 bits per heavy atom. The lowest BCUT2D eigenvalue weighted by atomic mass is 10.2. The van der Waals surface area contributed by atoms with E-state index in [1.54, 1.807) is 0 Å². The van der Waals surface area contributed by atoms with Gasteiger partial charge in [-0.15, -0.1) is 0 Å². The minimum absolute atomic E-state index is 0.0884. The first-order valence-corrected chi connectivity index (χ1v) is 5.23. The van der Waals surface area contributed by atoms with Crippen molar-refractivity contribution in [3.63, 3.8) is 0 Å². The Hall–Kier alpha value is -1.55. The summed E-state index contributed by atoms with van der Waals surface area (Å²) >= 11 is 0. The van der Waals surface area contributed by atoms with Crippen LogP contribution >= 0.6 is 0 Å². The number of hydrogen-bond acceptors (Lipinski definition) is 3. The third-order valence-electron chi connectivity index (χ3n) is 1.97. The lowest BCUT2D eigenvalue weighted by molar-refractivity contribution is -0.124. The molecule has 1 aromatic rings. The van der Waals surface area contributed by atoms with Gasteiger partial charge >= 0.3 is 0 Å². The summed E-state index contributed by atoms with van der Waals surface area (Å²) in [5.41, 5.74) is 1.01. The number of methoxy groups -OCH3 is 1. The molecule has 0 aliphatic heterocycles. The van der Waals surface area contributed by atoms with Crippen LogP contribution in [-0.2, 0) is 16.1 Å². The molecule has 1 aromatic carbocycles. The van der Waals surface area contributed by atoms with Gasteiger partial charge in [-0.2, -0.15) is 0 Å². The molecule has 0 unspecified atom stereocenters. The van der Waals surface area contributed by atoms with E-state index in [2.05, 4.69) is 5.32 Å². The second-order valence-electron chi connectivity index (χ2n) is 3.29. The smallest absolute Gasteiger partial charge is 0.246 e. The van der Waals surface area contributed by atoms with Crippen LogP contribution in [-0.4, -0.2) is 26.2 Å². The number of nitrogens with one attached hydrogen (secondary N) is 1. The van der Waals surface area contributed by atoms with E-state index in [1.165, 1.54) is 7.11 Å². The predicted octanol–water partition coefficient (Wildman–Crippen LogP) is 1.35. The van der Waals surface area contributed by atoms with Gasteiger partial charge in [0.15, 0.2) is 0 Å². The SMILES string of the molecule is CCOc1cccc(CNC(=O)COC)c1. The van der Waals surface area contributed by atoms with Crippen LogP contribution in [0.15, 0.2) is 24.3 Å². The highest BCUT2D eigenvalue weighted by atomic mass is 16.5. The van der Waals surface area contributed by atoms with E-state index in [1.807, 2.05) is 31.2 Å². The average molecular weight is 223 g/mol. The molecule has 0 saturated heterocycles. The van der Waals surface area contributed by atoms with Gasteiger partial charge < -0.3 is 14.8 Å². The molecule has 88 valence electrons. The molecule has 0 aliphatic carbocycles. The molecule has 0 fully saturated rings. The van der Waals surface area contributed by atoms with Gasteiger partial charge in [0.2, 0.25) is 5.91 Å². The van der Waals surface area contributed by atoms with Gasteiger partial charge in [0.05, 0.1) is 6.61 Å². The maximum Gasteiger partial charge on any atom is 0.246 e. The van der Waals surface area contributed by atoms with Crippen molar-refractivity contribution in [2.24, 2.45) is 0 Å². The topological polar surface area (TPSA) is 47.6 Å². The summed E-state index contributed by atoms with van der Waals surface area (Å²) in [7, 11) is 1.50. The summed E-state index contributed by atoms with van der Waals surface area (Å²) in [6.45, 7) is 3.15. The van der Waals surface area contributed by atoms with Gasteiger partial charge in [0, 0.05) is 13.7 Å². The number of carbonyl (C=O) groups is 1. The van der Waals surface area contributed by atoms with Gasteiger partial charge in [-0.25, -0.2) is 0 Å². The number of benzene rings is 1. The Balaban J connectivity index is 2.47. The molecule has 0 aromatic heterocycles. The third kappa shape index (κ3) is 4.31. The number of ether oxygens (including phenoxy) is 2. The molecule has 16 heavy (non-hydrogen) atoms. The fourth-order valence-corrected chi connectivity index (χ4v) is 1.29. The molecule has 0 atom stereocenters. The van der Waals surface area contributed by atoms with E-state index in [9.17, 15) is 4.79 Å². The summed E-state index contributed by atoms with van der Waals surface area (Å²) in [5, 5.41) is 2.75. The molecule has 0 aliphatic rings. The molecule has 0 heterocycles. The monoisotopic (exact) mass is 223 g/mol. The first kappa shape index (κ1) is 12.5. The Morgan fingerprint density at radius 2 is 2.25 bits per heavy atom. The molecule has 4 nitrogen and oxygen atoms in total. The van der Waals surface area contributed by atoms with Crippen LogP contribution in [0.2, 0.25) is 0 Å². The van der Waals surface area contributed by atoms with Gasteiger partial charge in [-0.3, -0.25) is 4.79 Å². The number of hydrogen-bond donors (Lipinski definition) is 1. The summed E-state index contributed by atoms with van der Waals surface area (Å²) in [6, 6.07) is 7.65. The minimum Gasteiger partial charge on any atom is -0.494 e. The van der Waals surface area contributed by atoms with Gasteiger partial charge in [0.1, 0.15) is 12.4 Å². The van der Waals surface area contributed by atoms with Crippen LogP contribution in [0.3, 0.4) is 0 Å². The van der Waals surface area contributed by atoms with Crippen molar-refractivity contribution in [3.05, 3.63) is 29.8 Å². The second-order valence-corrected chi connectivity index (χ2v) is 3.29. The van der Waals surface area contributed by atoms with E-state index < -0.39 is 0 Å². The first-order valence-electron chi connectivity index (χ1n) is 5.23. The van der Waals surface area contributed by atoms with E-state index in [0.29, 0.717) is 13.2 Å². The maximum absolute atomic E-state index is 11.2. The van der Waals surface area contributed by atoms with Crippen LogP contribution in [0.25, 0.3) is 0 Å². The Kier molecular flexibility index (Phi) is 5.36. The zero-order valence-electron chi connectivity index (χ0n) is 9.66. The highest BCUT2D eigenvalue weighted by Gasteiger charge is 2.00. The maximum atomic E-state index is 11.2. The predicted molar refractivity (Wildman–Crippen MR) is 61.3 cm³/mol. The molecule has 0 radical (unpaired) electrons. The molecule has 0 spiro atoms. The molecular weight excluding hydrogens is 206 g/mol. The first-order chi connectivity index (χ1) is 7.76. The number of rotatable bonds is 6. The average Bonchev–Trinajstić information content (AvgIpc) is 2.28. The van der Waals surface area contributed by atoms with Crippen LogP contribution in [0, 0.1) is 0 Å².